The SMILES string of the molecule is CCc1noc2ncc(S(=O)(=O)NCc3cn4c(n3)CCCC4)cc12. The number of fused-ring (bicyclic) bond motifs is 2. The topological polar surface area (TPSA) is 103 Å². The number of sulfonamides is 1. The summed E-state index contributed by atoms with van der Waals surface area (Å²) in [4.78, 5) is 8.67. The van der Waals surface area contributed by atoms with Crippen molar-refractivity contribution in [3.8, 4) is 0 Å². The number of aromatic nitrogens is 4. The Morgan fingerprint density at radius 1 is 1.36 bits per heavy atom. The van der Waals surface area contributed by atoms with Gasteiger partial charge in [0.1, 0.15) is 10.7 Å². The number of hydrogen-bond donors (Lipinski definition) is 1. The van der Waals surface area contributed by atoms with Crippen molar-refractivity contribution in [2.75, 3.05) is 0 Å². The van der Waals surface area contributed by atoms with Crippen molar-refractivity contribution in [2.24, 2.45) is 0 Å². The molecule has 9 heteroatoms. The molecule has 0 radical (unpaired) electrons. The summed E-state index contributed by atoms with van der Waals surface area (Å²) in [5, 5.41) is 4.53. The molecule has 0 spiro atoms. The average molecular weight is 361 g/mol. The summed E-state index contributed by atoms with van der Waals surface area (Å²) in [6, 6.07) is 1.55. The van der Waals surface area contributed by atoms with Gasteiger partial charge in [0.2, 0.25) is 10.0 Å². The summed E-state index contributed by atoms with van der Waals surface area (Å²) in [6.45, 7) is 3.03. The molecule has 0 aromatic carbocycles. The van der Waals surface area contributed by atoms with Crippen molar-refractivity contribution in [3.05, 3.63) is 35.7 Å². The largest absolute Gasteiger partial charge is 0.336 e. The fraction of sp³-hybridized carbons (Fsp3) is 0.438. The Morgan fingerprint density at radius 2 is 2.24 bits per heavy atom. The lowest BCUT2D eigenvalue weighted by atomic mass is 10.2. The molecule has 1 aliphatic heterocycles. The van der Waals surface area contributed by atoms with Gasteiger partial charge in [-0.25, -0.2) is 23.1 Å². The fourth-order valence-electron chi connectivity index (χ4n) is 3.07. The van der Waals surface area contributed by atoms with Crippen LogP contribution >= 0.6 is 0 Å². The van der Waals surface area contributed by atoms with Crippen LogP contribution in [-0.4, -0.2) is 28.1 Å². The van der Waals surface area contributed by atoms with Crippen molar-refractivity contribution < 1.29 is 12.9 Å². The highest BCUT2D eigenvalue weighted by molar-refractivity contribution is 7.89. The Hall–Kier alpha value is -2.26. The van der Waals surface area contributed by atoms with Gasteiger partial charge in [-0.2, -0.15) is 0 Å². The molecule has 0 aliphatic carbocycles. The van der Waals surface area contributed by atoms with Crippen LogP contribution in [0.5, 0.6) is 0 Å². The Labute approximate surface area is 145 Å². The first-order valence-corrected chi connectivity index (χ1v) is 9.84. The fourth-order valence-corrected chi connectivity index (χ4v) is 4.04. The van der Waals surface area contributed by atoms with Crippen LogP contribution in [0, 0.1) is 0 Å². The molecule has 0 fully saturated rings. The first kappa shape index (κ1) is 16.2. The van der Waals surface area contributed by atoms with Gasteiger partial charge in [0.25, 0.3) is 5.71 Å². The highest BCUT2D eigenvalue weighted by atomic mass is 32.2. The molecule has 0 saturated carbocycles. The van der Waals surface area contributed by atoms with Gasteiger partial charge in [-0.3, -0.25) is 0 Å². The van der Waals surface area contributed by atoms with E-state index in [4.69, 9.17) is 4.52 Å². The van der Waals surface area contributed by atoms with Crippen LogP contribution in [-0.2, 0) is 36.0 Å². The maximum atomic E-state index is 12.6. The number of imidazole rings is 1. The monoisotopic (exact) mass is 361 g/mol. The Kier molecular flexibility index (Phi) is 4.04. The van der Waals surface area contributed by atoms with E-state index in [1.807, 2.05) is 13.1 Å². The average Bonchev–Trinajstić information content (AvgIpc) is 3.22. The Bertz CT molecular complexity index is 998. The lowest BCUT2D eigenvalue weighted by Gasteiger charge is -2.11. The van der Waals surface area contributed by atoms with E-state index in [2.05, 4.69) is 24.4 Å². The van der Waals surface area contributed by atoms with E-state index in [1.54, 1.807) is 6.07 Å². The van der Waals surface area contributed by atoms with Crippen LogP contribution in [0.4, 0.5) is 0 Å². The first-order chi connectivity index (χ1) is 12.1. The number of nitrogens with one attached hydrogen (secondary N) is 1. The molecule has 0 bridgehead atoms. The Balaban J connectivity index is 1.56. The molecule has 0 atom stereocenters. The van der Waals surface area contributed by atoms with Gasteiger partial charge in [0.15, 0.2) is 0 Å². The quantitative estimate of drug-likeness (QED) is 0.743. The molecule has 0 amide bonds. The number of nitrogens with zero attached hydrogens (tertiary/aromatic N) is 4. The van der Waals surface area contributed by atoms with Crippen LogP contribution in [0.3, 0.4) is 0 Å². The van der Waals surface area contributed by atoms with Gasteiger partial charge in [-0.1, -0.05) is 12.1 Å². The van der Waals surface area contributed by atoms with Crippen molar-refractivity contribution >= 4 is 21.1 Å². The number of hydrogen-bond acceptors (Lipinski definition) is 6. The predicted molar refractivity (Wildman–Crippen MR) is 90.4 cm³/mol. The molecule has 3 aromatic heterocycles. The molecule has 8 nitrogen and oxygen atoms in total. The summed E-state index contributed by atoms with van der Waals surface area (Å²) < 4.78 is 35.0. The van der Waals surface area contributed by atoms with E-state index in [0.29, 0.717) is 23.2 Å². The van der Waals surface area contributed by atoms with Crippen molar-refractivity contribution in [1.29, 1.82) is 0 Å². The maximum absolute atomic E-state index is 12.6. The minimum atomic E-state index is -3.69. The van der Waals surface area contributed by atoms with Crippen LogP contribution in [0.25, 0.3) is 11.1 Å². The van der Waals surface area contributed by atoms with Gasteiger partial charge in [-0.05, 0) is 25.3 Å². The van der Waals surface area contributed by atoms with Crippen LogP contribution < -0.4 is 4.72 Å². The van der Waals surface area contributed by atoms with Crippen LogP contribution in [0.2, 0.25) is 0 Å². The highest BCUT2D eigenvalue weighted by Crippen LogP contribution is 2.21. The molecule has 4 rings (SSSR count). The molecule has 0 saturated heterocycles. The van der Waals surface area contributed by atoms with E-state index in [0.717, 1.165) is 37.3 Å². The second kappa shape index (κ2) is 6.23. The molecule has 4 heterocycles. The van der Waals surface area contributed by atoms with E-state index in [9.17, 15) is 8.42 Å². The molecule has 25 heavy (non-hydrogen) atoms. The molecule has 1 N–H and O–H groups in total. The third kappa shape index (κ3) is 3.05. The van der Waals surface area contributed by atoms with Crippen molar-refractivity contribution in [2.45, 2.75) is 50.6 Å². The van der Waals surface area contributed by atoms with Crippen molar-refractivity contribution in [1.82, 2.24) is 24.4 Å². The Morgan fingerprint density at radius 3 is 3.04 bits per heavy atom. The van der Waals surface area contributed by atoms with Gasteiger partial charge < -0.3 is 9.09 Å². The summed E-state index contributed by atoms with van der Waals surface area (Å²) in [6.07, 6.45) is 7.07. The minimum absolute atomic E-state index is 0.0990. The van der Waals surface area contributed by atoms with Gasteiger partial charge in [0, 0.05) is 19.2 Å². The highest BCUT2D eigenvalue weighted by Gasteiger charge is 2.19. The van der Waals surface area contributed by atoms with Crippen molar-refractivity contribution in [3.63, 3.8) is 0 Å². The van der Waals surface area contributed by atoms with Crippen LogP contribution in [0.15, 0.2) is 27.9 Å². The zero-order chi connectivity index (χ0) is 17.4. The zero-order valence-electron chi connectivity index (χ0n) is 13.9. The molecule has 3 aromatic rings. The third-order valence-corrected chi connectivity index (χ3v) is 5.79. The second-order valence-corrected chi connectivity index (χ2v) is 7.90. The van der Waals surface area contributed by atoms with E-state index >= 15 is 0 Å². The number of aryl methyl sites for hydroxylation is 3. The third-order valence-electron chi connectivity index (χ3n) is 4.43. The number of rotatable bonds is 5. The van der Waals surface area contributed by atoms with Gasteiger partial charge in [0.05, 0.1) is 29.5 Å². The number of pyridine rings is 1. The summed E-state index contributed by atoms with van der Waals surface area (Å²) in [5.74, 6) is 1.03. The van der Waals surface area contributed by atoms with Crippen LogP contribution in [0.1, 0.15) is 37.0 Å². The minimum Gasteiger partial charge on any atom is -0.336 e. The van der Waals surface area contributed by atoms with E-state index in [-0.39, 0.29) is 11.4 Å². The predicted octanol–water partition coefficient (Wildman–Crippen LogP) is 1.80. The van der Waals surface area contributed by atoms with Gasteiger partial charge >= 0.3 is 0 Å². The lowest BCUT2D eigenvalue weighted by molar-refractivity contribution is 0.439. The zero-order valence-corrected chi connectivity index (χ0v) is 14.7. The van der Waals surface area contributed by atoms with E-state index in [1.165, 1.54) is 6.20 Å². The summed E-state index contributed by atoms with van der Waals surface area (Å²) >= 11 is 0. The normalized spacial score (nSPS) is 14.8. The molecule has 132 valence electrons. The standard InChI is InChI=1S/C16H19N5O3S/c1-2-14-13-7-12(9-17-16(13)24-20-14)25(22,23)18-8-11-10-21-6-4-3-5-15(21)19-11/h7,9-10,18H,2-6,8H2,1H3. The molecular weight excluding hydrogens is 342 g/mol. The molecule has 1 aliphatic rings. The first-order valence-electron chi connectivity index (χ1n) is 8.35. The molecular formula is C16H19N5O3S. The molecule has 0 unspecified atom stereocenters. The van der Waals surface area contributed by atoms with E-state index < -0.39 is 10.0 Å². The smallest absolute Gasteiger partial charge is 0.258 e. The second-order valence-electron chi connectivity index (χ2n) is 6.13. The summed E-state index contributed by atoms with van der Waals surface area (Å²) in [5.41, 5.74) is 1.77. The summed E-state index contributed by atoms with van der Waals surface area (Å²) in [7, 11) is -3.69. The lowest BCUT2D eigenvalue weighted by Crippen LogP contribution is -2.23. The maximum Gasteiger partial charge on any atom is 0.258 e. The van der Waals surface area contributed by atoms with Gasteiger partial charge in [-0.15, -0.1) is 0 Å².